The highest BCUT2D eigenvalue weighted by atomic mass is 16.5. The van der Waals surface area contributed by atoms with Gasteiger partial charge in [-0.05, 0) is 24.3 Å². The third kappa shape index (κ3) is 2.44. The van der Waals surface area contributed by atoms with E-state index in [2.05, 4.69) is 38.8 Å². The van der Waals surface area contributed by atoms with Crippen LogP contribution in [0, 0.1) is 0 Å². The first-order chi connectivity index (χ1) is 8.93. The summed E-state index contributed by atoms with van der Waals surface area (Å²) in [5.41, 5.74) is 2.41. The molecule has 2 aromatic heterocycles. The van der Waals surface area contributed by atoms with Crippen molar-refractivity contribution in [3.05, 3.63) is 48.5 Å². The second-order valence-electron chi connectivity index (χ2n) is 4.47. The number of hydrogen-bond donors (Lipinski definition) is 0. The van der Waals surface area contributed by atoms with Crippen LogP contribution in [0.4, 0.5) is 0 Å². The van der Waals surface area contributed by atoms with E-state index < -0.39 is 0 Å². The first kappa shape index (κ1) is 11.4. The molecule has 0 spiro atoms. The molecule has 0 radical (unpaired) electrons. The Labute approximate surface area is 107 Å². The van der Waals surface area contributed by atoms with Crippen molar-refractivity contribution in [2.24, 2.45) is 0 Å². The molecule has 2 aromatic rings. The standard InChI is InChI=1S/C14H17N3O/c1-3-13(11-15-5-1)17-6-2-4-14(17)12-16-7-9-18-10-8-16/h1-6,11H,7-10,12H2. The Morgan fingerprint density at radius 3 is 2.83 bits per heavy atom. The topological polar surface area (TPSA) is 30.3 Å². The molecule has 1 aliphatic rings. The molecule has 0 aromatic carbocycles. The van der Waals surface area contributed by atoms with Gasteiger partial charge in [0.15, 0.2) is 0 Å². The van der Waals surface area contributed by atoms with Gasteiger partial charge in [-0.15, -0.1) is 0 Å². The zero-order valence-electron chi connectivity index (χ0n) is 10.3. The van der Waals surface area contributed by atoms with Gasteiger partial charge in [0.25, 0.3) is 0 Å². The van der Waals surface area contributed by atoms with Crippen LogP contribution in [0.15, 0.2) is 42.9 Å². The van der Waals surface area contributed by atoms with E-state index in [-0.39, 0.29) is 0 Å². The number of aromatic nitrogens is 2. The van der Waals surface area contributed by atoms with Gasteiger partial charge in [-0.1, -0.05) is 0 Å². The van der Waals surface area contributed by atoms with Crippen molar-refractivity contribution in [1.29, 1.82) is 0 Å². The number of morpholine rings is 1. The van der Waals surface area contributed by atoms with Crippen LogP contribution in [0.25, 0.3) is 5.69 Å². The SMILES string of the molecule is c1cncc(-n2cccc2CN2CCOCC2)c1. The monoisotopic (exact) mass is 243 g/mol. The highest BCUT2D eigenvalue weighted by Gasteiger charge is 2.13. The molecule has 94 valence electrons. The molecular weight excluding hydrogens is 226 g/mol. The summed E-state index contributed by atoms with van der Waals surface area (Å²) in [5.74, 6) is 0. The Kier molecular flexibility index (Phi) is 3.39. The van der Waals surface area contributed by atoms with Crippen molar-refractivity contribution >= 4 is 0 Å². The lowest BCUT2D eigenvalue weighted by Crippen LogP contribution is -2.36. The van der Waals surface area contributed by atoms with Gasteiger partial charge in [0.05, 0.1) is 25.1 Å². The summed E-state index contributed by atoms with van der Waals surface area (Å²) in [6.45, 7) is 4.67. The molecule has 0 N–H and O–H groups in total. The Hall–Kier alpha value is -1.65. The lowest BCUT2D eigenvalue weighted by Gasteiger charge is -2.26. The summed E-state index contributed by atoms with van der Waals surface area (Å²) in [6, 6.07) is 8.30. The molecule has 3 rings (SSSR count). The van der Waals surface area contributed by atoms with E-state index >= 15 is 0 Å². The zero-order chi connectivity index (χ0) is 12.2. The van der Waals surface area contributed by atoms with Gasteiger partial charge >= 0.3 is 0 Å². The predicted octanol–water partition coefficient (Wildman–Crippen LogP) is 1.70. The summed E-state index contributed by atoms with van der Waals surface area (Å²) < 4.78 is 7.57. The van der Waals surface area contributed by atoms with Gasteiger partial charge in [0.2, 0.25) is 0 Å². The number of ether oxygens (including phenoxy) is 1. The number of nitrogens with zero attached hydrogens (tertiary/aromatic N) is 3. The van der Waals surface area contributed by atoms with Gasteiger partial charge < -0.3 is 9.30 Å². The van der Waals surface area contributed by atoms with E-state index in [9.17, 15) is 0 Å². The lowest BCUT2D eigenvalue weighted by atomic mass is 10.3. The summed E-state index contributed by atoms with van der Waals surface area (Å²) in [5, 5.41) is 0. The first-order valence-electron chi connectivity index (χ1n) is 6.30. The Balaban J connectivity index is 1.79. The highest BCUT2D eigenvalue weighted by molar-refractivity contribution is 5.31. The molecule has 4 nitrogen and oxygen atoms in total. The number of hydrogen-bond acceptors (Lipinski definition) is 3. The second kappa shape index (κ2) is 5.33. The van der Waals surface area contributed by atoms with Gasteiger partial charge in [0.1, 0.15) is 0 Å². The molecule has 4 heteroatoms. The molecule has 0 bridgehead atoms. The van der Waals surface area contributed by atoms with Gasteiger partial charge in [-0.3, -0.25) is 9.88 Å². The molecule has 3 heterocycles. The summed E-state index contributed by atoms with van der Waals surface area (Å²) in [6.07, 6.45) is 5.78. The van der Waals surface area contributed by atoms with Crippen molar-refractivity contribution in [2.45, 2.75) is 6.54 Å². The average molecular weight is 243 g/mol. The average Bonchev–Trinajstić information content (AvgIpc) is 2.89. The smallest absolute Gasteiger partial charge is 0.0636 e. The fourth-order valence-corrected chi connectivity index (χ4v) is 2.28. The normalized spacial score (nSPS) is 16.9. The summed E-state index contributed by atoms with van der Waals surface area (Å²) >= 11 is 0. The second-order valence-corrected chi connectivity index (χ2v) is 4.47. The van der Waals surface area contributed by atoms with Gasteiger partial charge in [0, 0.05) is 37.7 Å². The molecule has 1 aliphatic heterocycles. The third-order valence-electron chi connectivity index (χ3n) is 3.25. The first-order valence-corrected chi connectivity index (χ1v) is 6.30. The lowest BCUT2D eigenvalue weighted by molar-refractivity contribution is 0.0334. The van der Waals surface area contributed by atoms with Crippen LogP contribution in [0.2, 0.25) is 0 Å². The largest absolute Gasteiger partial charge is 0.379 e. The predicted molar refractivity (Wildman–Crippen MR) is 69.7 cm³/mol. The van der Waals surface area contributed by atoms with Crippen molar-refractivity contribution in [3.63, 3.8) is 0 Å². The maximum absolute atomic E-state index is 5.38. The van der Waals surface area contributed by atoms with Crippen LogP contribution < -0.4 is 0 Å². The summed E-state index contributed by atoms with van der Waals surface area (Å²) in [7, 11) is 0. The quantitative estimate of drug-likeness (QED) is 0.822. The van der Waals surface area contributed by atoms with E-state index in [1.165, 1.54) is 5.69 Å². The molecule has 0 aliphatic carbocycles. The van der Waals surface area contributed by atoms with Crippen molar-refractivity contribution in [3.8, 4) is 5.69 Å². The molecule has 0 atom stereocenters. The number of pyridine rings is 1. The van der Waals surface area contributed by atoms with Crippen molar-refractivity contribution in [1.82, 2.24) is 14.5 Å². The third-order valence-corrected chi connectivity index (χ3v) is 3.25. The van der Waals surface area contributed by atoms with E-state index in [1.807, 2.05) is 12.3 Å². The van der Waals surface area contributed by atoms with Gasteiger partial charge in [-0.25, -0.2) is 0 Å². The minimum Gasteiger partial charge on any atom is -0.379 e. The van der Waals surface area contributed by atoms with Crippen LogP contribution in [0.5, 0.6) is 0 Å². The van der Waals surface area contributed by atoms with Gasteiger partial charge in [-0.2, -0.15) is 0 Å². The molecule has 18 heavy (non-hydrogen) atoms. The van der Waals surface area contributed by atoms with Crippen molar-refractivity contribution in [2.75, 3.05) is 26.3 Å². The van der Waals surface area contributed by atoms with Crippen LogP contribution >= 0.6 is 0 Å². The Morgan fingerprint density at radius 1 is 1.17 bits per heavy atom. The fourth-order valence-electron chi connectivity index (χ4n) is 2.28. The molecule has 0 amide bonds. The van der Waals surface area contributed by atoms with Crippen LogP contribution in [-0.4, -0.2) is 40.8 Å². The fraction of sp³-hybridized carbons (Fsp3) is 0.357. The molecular formula is C14H17N3O. The molecule has 0 unspecified atom stereocenters. The Morgan fingerprint density at radius 2 is 2.06 bits per heavy atom. The highest BCUT2D eigenvalue weighted by Crippen LogP contribution is 2.14. The minimum absolute atomic E-state index is 0.841. The van der Waals surface area contributed by atoms with E-state index in [0.717, 1.165) is 38.5 Å². The van der Waals surface area contributed by atoms with E-state index in [4.69, 9.17) is 4.74 Å². The number of rotatable bonds is 3. The van der Waals surface area contributed by atoms with Crippen LogP contribution in [0.1, 0.15) is 5.69 Å². The maximum Gasteiger partial charge on any atom is 0.0636 e. The molecule has 0 saturated carbocycles. The molecule has 1 saturated heterocycles. The minimum atomic E-state index is 0.841. The van der Waals surface area contributed by atoms with Crippen molar-refractivity contribution < 1.29 is 4.74 Å². The van der Waals surface area contributed by atoms with Crippen LogP contribution in [-0.2, 0) is 11.3 Å². The Bertz CT molecular complexity index is 489. The maximum atomic E-state index is 5.38. The summed E-state index contributed by atoms with van der Waals surface area (Å²) in [4.78, 5) is 6.60. The zero-order valence-corrected chi connectivity index (χ0v) is 10.3. The van der Waals surface area contributed by atoms with Crippen LogP contribution in [0.3, 0.4) is 0 Å². The van der Waals surface area contributed by atoms with E-state index in [1.54, 1.807) is 6.20 Å². The molecule has 1 fully saturated rings. The van der Waals surface area contributed by atoms with E-state index in [0.29, 0.717) is 0 Å².